The fourth-order valence-corrected chi connectivity index (χ4v) is 6.68. The van der Waals surface area contributed by atoms with E-state index in [1.54, 1.807) is 51.8 Å². The van der Waals surface area contributed by atoms with Gasteiger partial charge in [0.25, 0.3) is 10.0 Å². The highest BCUT2D eigenvalue weighted by atomic mass is 32.2. The van der Waals surface area contributed by atoms with E-state index in [1.807, 2.05) is 36.4 Å². The molecule has 214 valence electrons. The number of sulfonamides is 1. The summed E-state index contributed by atoms with van der Waals surface area (Å²) in [6.07, 6.45) is 2.72. The third-order valence-electron chi connectivity index (χ3n) is 7.64. The van der Waals surface area contributed by atoms with Gasteiger partial charge in [-0.1, -0.05) is 30.3 Å². The SMILES string of the molecule is COc1cc(Cc2nccc3cc(OC)c(OC)cc23)c(NS(=O)(=O)c2ccc3c(c2)Cc2ccccc2-3)cc1OC. The first-order valence-electron chi connectivity index (χ1n) is 13.3. The number of methoxy groups -OCH3 is 4. The van der Waals surface area contributed by atoms with E-state index >= 15 is 0 Å². The van der Waals surface area contributed by atoms with E-state index in [0.717, 1.165) is 33.2 Å². The van der Waals surface area contributed by atoms with Crippen molar-refractivity contribution < 1.29 is 27.4 Å². The minimum atomic E-state index is -3.95. The fourth-order valence-electron chi connectivity index (χ4n) is 5.54. The molecule has 4 aromatic carbocycles. The molecule has 0 aliphatic heterocycles. The highest BCUT2D eigenvalue weighted by Gasteiger charge is 2.24. The van der Waals surface area contributed by atoms with E-state index in [1.165, 1.54) is 12.7 Å². The zero-order valence-corrected chi connectivity index (χ0v) is 24.5. The van der Waals surface area contributed by atoms with Gasteiger partial charge >= 0.3 is 0 Å². The van der Waals surface area contributed by atoms with Crippen LogP contribution in [0.2, 0.25) is 0 Å². The monoisotopic (exact) mass is 582 g/mol. The molecule has 0 saturated heterocycles. The van der Waals surface area contributed by atoms with Crippen molar-refractivity contribution >= 4 is 26.5 Å². The molecular formula is C33H30N2O6S. The Labute approximate surface area is 244 Å². The Hall–Kier alpha value is -4.76. The van der Waals surface area contributed by atoms with Crippen LogP contribution in [0, 0.1) is 0 Å². The number of rotatable bonds is 9. The lowest BCUT2D eigenvalue weighted by molar-refractivity contribution is 0.355. The van der Waals surface area contributed by atoms with Gasteiger partial charge in [0, 0.05) is 24.1 Å². The Morgan fingerprint density at radius 1 is 0.738 bits per heavy atom. The van der Waals surface area contributed by atoms with Crippen LogP contribution in [0.3, 0.4) is 0 Å². The second-order valence-corrected chi connectivity index (χ2v) is 11.7. The van der Waals surface area contributed by atoms with Crippen LogP contribution in [-0.2, 0) is 22.9 Å². The minimum absolute atomic E-state index is 0.190. The Balaban J connectivity index is 1.40. The Kier molecular flexibility index (Phi) is 7.12. The number of hydrogen-bond acceptors (Lipinski definition) is 7. The average Bonchev–Trinajstić information content (AvgIpc) is 3.39. The van der Waals surface area contributed by atoms with Crippen LogP contribution < -0.4 is 23.7 Å². The van der Waals surface area contributed by atoms with Crippen molar-refractivity contribution in [2.24, 2.45) is 0 Å². The second-order valence-electron chi connectivity index (χ2n) is 9.99. The van der Waals surface area contributed by atoms with Gasteiger partial charge in [0.15, 0.2) is 23.0 Å². The number of fused-ring (bicyclic) bond motifs is 4. The van der Waals surface area contributed by atoms with Crippen LogP contribution in [-0.4, -0.2) is 41.8 Å². The van der Waals surface area contributed by atoms with Crippen molar-refractivity contribution in [1.82, 2.24) is 4.98 Å². The van der Waals surface area contributed by atoms with Crippen LogP contribution in [0.4, 0.5) is 5.69 Å². The predicted molar refractivity (Wildman–Crippen MR) is 163 cm³/mol. The molecule has 1 aliphatic rings. The molecular weight excluding hydrogens is 552 g/mol. The standard InChI is InChI=1S/C33H30N2O6S/c1-38-30-16-21-11-12-34-29(27(21)18-32(30)40-3)15-23-17-31(39-2)33(41-4)19-28(23)35-42(36,37)24-9-10-26-22(14-24)13-20-7-5-6-8-25(20)26/h5-12,14,16-19,35H,13,15H2,1-4H3. The van der Waals surface area contributed by atoms with Crippen LogP contribution in [0.5, 0.6) is 23.0 Å². The Bertz CT molecular complexity index is 1940. The van der Waals surface area contributed by atoms with Crippen molar-refractivity contribution in [1.29, 1.82) is 0 Å². The number of hydrogen-bond donors (Lipinski definition) is 1. The molecule has 0 fully saturated rings. The van der Waals surface area contributed by atoms with E-state index in [2.05, 4.69) is 21.8 Å². The smallest absolute Gasteiger partial charge is 0.261 e. The van der Waals surface area contributed by atoms with E-state index in [-0.39, 0.29) is 4.90 Å². The van der Waals surface area contributed by atoms with Gasteiger partial charge in [0.05, 0.1) is 44.7 Å². The Morgan fingerprint density at radius 3 is 2.17 bits per heavy atom. The van der Waals surface area contributed by atoms with Crippen LogP contribution >= 0.6 is 0 Å². The van der Waals surface area contributed by atoms with Gasteiger partial charge in [-0.3, -0.25) is 9.71 Å². The summed E-state index contributed by atoms with van der Waals surface area (Å²) in [5, 5.41) is 1.77. The van der Waals surface area contributed by atoms with Gasteiger partial charge in [-0.15, -0.1) is 0 Å². The first kappa shape index (κ1) is 27.4. The molecule has 1 N–H and O–H groups in total. The number of nitrogens with one attached hydrogen (secondary N) is 1. The summed E-state index contributed by atoms with van der Waals surface area (Å²) in [5.41, 5.74) is 6.14. The highest BCUT2D eigenvalue weighted by Crippen LogP contribution is 2.40. The number of aromatic nitrogens is 1. The molecule has 0 atom stereocenters. The number of ether oxygens (including phenoxy) is 4. The lowest BCUT2D eigenvalue weighted by Gasteiger charge is -2.18. The molecule has 9 heteroatoms. The molecule has 0 saturated carbocycles. The molecule has 0 amide bonds. The van der Waals surface area contributed by atoms with Crippen LogP contribution in [0.25, 0.3) is 21.9 Å². The maximum Gasteiger partial charge on any atom is 0.261 e. The van der Waals surface area contributed by atoms with Crippen LogP contribution in [0.1, 0.15) is 22.4 Å². The van der Waals surface area contributed by atoms with Crippen molar-refractivity contribution in [3.63, 3.8) is 0 Å². The van der Waals surface area contributed by atoms with Gasteiger partial charge in [-0.05, 0) is 76.0 Å². The van der Waals surface area contributed by atoms with Gasteiger partial charge < -0.3 is 18.9 Å². The van der Waals surface area contributed by atoms with E-state index in [4.69, 9.17) is 18.9 Å². The van der Waals surface area contributed by atoms with E-state index in [0.29, 0.717) is 47.1 Å². The topological polar surface area (TPSA) is 96.0 Å². The maximum absolute atomic E-state index is 13.8. The molecule has 0 radical (unpaired) electrons. The molecule has 42 heavy (non-hydrogen) atoms. The Morgan fingerprint density at radius 2 is 1.40 bits per heavy atom. The summed E-state index contributed by atoms with van der Waals surface area (Å²) in [5.74, 6) is 2.07. The van der Waals surface area contributed by atoms with Crippen molar-refractivity contribution in [2.45, 2.75) is 17.7 Å². The highest BCUT2D eigenvalue weighted by molar-refractivity contribution is 7.92. The summed E-state index contributed by atoms with van der Waals surface area (Å²) in [6.45, 7) is 0. The zero-order chi connectivity index (χ0) is 29.4. The normalized spacial score (nSPS) is 12.0. The molecule has 1 aromatic heterocycles. The molecule has 0 unspecified atom stereocenters. The third-order valence-corrected chi connectivity index (χ3v) is 9.00. The summed E-state index contributed by atoms with van der Waals surface area (Å²) in [6, 6.07) is 22.5. The number of anilines is 1. The van der Waals surface area contributed by atoms with E-state index in [9.17, 15) is 8.42 Å². The van der Waals surface area contributed by atoms with Gasteiger partial charge in [-0.25, -0.2) is 8.42 Å². The predicted octanol–water partition coefficient (Wildman–Crippen LogP) is 6.23. The minimum Gasteiger partial charge on any atom is -0.493 e. The van der Waals surface area contributed by atoms with Crippen LogP contribution in [0.15, 0.2) is 83.9 Å². The quantitative estimate of drug-likeness (QED) is 0.216. The summed E-state index contributed by atoms with van der Waals surface area (Å²) >= 11 is 0. The van der Waals surface area contributed by atoms with Gasteiger partial charge in [-0.2, -0.15) is 0 Å². The molecule has 1 heterocycles. The molecule has 0 bridgehead atoms. The molecule has 8 nitrogen and oxygen atoms in total. The molecule has 6 rings (SSSR count). The second kappa shape index (κ2) is 10.9. The lowest BCUT2D eigenvalue weighted by Crippen LogP contribution is -2.15. The number of benzene rings is 4. The van der Waals surface area contributed by atoms with Gasteiger partial charge in [0.1, 0.15) is 0 Å². The van der Waals surface area contributed by atoms with Gasteiger partial charge in [0.2, 0.25) is 0 Å². The van der Waals surface area contributed by atoms with Crippen molar-refractivity contribution in [2.75, 3.05) is 33.2 Å². The van der Waals surface area contributed by atoms with Crippen molar-refractivity contribution in [3.8, 4) is 34.1 Å². The molecule has 5 aromatic rings. The lowest BCUT2D eigenvalue weighted by atomic mass is 10.0. The van der Waals surface area contributed by atoms with E-state index < -0.39 is 10.0 Å². The first-order chi connectivity index (χ1) is 20.3. The third kappa shape index (κ3) is 4.86. The first-order valence-corrected chi connectivity index (χ1v) is 14.8. The zero-order valence-electron chi connectivity index (χ0n) is 23.7. The largest absolute Gasteiger partial charge is 0.493 e. The molecule has 0 spiro atoms. The summed E-state index contributed by atoms with van der Waals surface area (Å²) in [7, 11) is 2.28. The summed E-state index contributed by atoms with van der Waals surface area (Å²) in [4.78, 5) is 4.83. The summed E-state index contributed by atoms with van der Waals surface area (Å²) < 4.78 is 52.4. The number of nitrogens with zero attached hydrogens (tertiary/aromatic N) is 1. The maximum atomic E-state index is 13.8. The number of pyridine rings is 1. The van der Waals surface area contributed by atoms with Crippen molar-refractivity contribution in [3.05, 3.63) is 101 Å². The molecule has 1 aliphatic carbocycles. The fraction of sp³-hybridized carbons (Fsp3) is 0.182. The average molecular weight is 583 g/mol.